The lowest BCUT2D eigenvalue weighted by Gasteiger charge is -2.35. The Morgan fingerprint density at radius 1 is 1.07 bits per heavy atom. The number of carbonyl (C=O) groups excluding carboxylic acids is 1. The molecule has 0 radical (unpaired) electrons. The van der Waals surface area contributed by atoms with Crippen molar-refractivity contribution in [1.82, 2.24) is 9.88 Å². The monoisotopic (exact) mass is 392 g/mol. The van der Waals surface area contributed by atoms with Gasteiger partial charge in [0.05, 0.1) is 21.8 Å². The molecule has 4 rings (SSSR count). The zero-order chi connectivity index (χ0) is 19.8. The maximum Gasteiger partial charge on any atom is 0.254 e. The first-order valence-corrected chi connectivity index (χ1v) is 10.3. The highest BCUT2D eigenvalue weighted by molar-refractivity contribution is 6.35. The van der Waals surface area contributed by atoms with E-state index in [4.69, 9.17) is 16.6 Å². The van der Waals surface area contributed by atoms with Crippen molar-refractivity contribution in [2.24, 2.45) is 11.8 Å². The quantitative estimate of drug-likeness (QED) is 0.537. The number of hydrogen-bond donors (Lipinski definition) is 0. The number of nitrogens with zero attached hydrogens (tertiary/aromatic N) is 2. The van der Waals surface area contributed by atoms with E-state index in [-0.39, 0.29) is 5.91 Å². The Bertz CT molecular complexity index is 1040. The molecule has 3 aromatic rings. The molecule has 1 saturated heterocycles. The van der Waals surface area contributed by atoms with Gasteiger partial charge < -0.3 is 4.90 Å². The topological polar surface area (TPSA) is 33.2 Å². The fraction of sp³-hybridized carbons (Fsp3) is 0.333. The van der Waals surface area contributed by atoms with Crippen LogP contribution in [0.25, 0.3) is 22.2 Å². The van der Waals surface area contributed by atoms with Crippen LogP contribution in [0.2, 0.25) is 5.02 Å². The first kappa shape index (κ1) is 18.9. The number of hydrogen-bond acceptors (Lipinski definition) is 2. The van der Waals surface area contributed by atoms with Gasteiger partial charge in [0.2, 0.25) is 0 Å². The second kappa shape index (κ2) is 7.56. The van der Waals surface area contributed by atoms with E-state index >= 15 is 0 Å². The molecule has 0 saturated carbocycles. The summed E-state index contributed by atoms with van der Waals surface area (Å²) in [7, 11) is 0. The molecule has 28 heavy (non-hydrogen) atoms. The molecule has 2 heterocycles. The molecule has 4 heteroatoms. The second-order valence-electron chi connectivity index (χ2n) is 8.16. The fourth-order valence-corrected chi connectivity index (χ4v) is 4.60. The predicted octanol–water partition coefficient (Wildman–Crippen LogP) is 5.98. The van der Waals surface area contributed by atoms with E-state index < -0.39 is 0 Å². The summed E-state index contributed by atoms with van der Waals surface area (Å²) >= 11 is 6.48. The number of halogens is 1. The van der Waals surface area contributed by atoms with Crippen molar-refractivity contribution in [1.29, 1.82) is 0 Å². The van der Waals surface area contributed by atoms with Crippen molar-refractivity contribution >= 4 is 28.4 Å². The highest BCUT2D eigenvalue weighted by Gasteiger charge is 2.28. The van der Waals surface area contributed by atoms with Crippen LogP contribution in [-0.4, -0.2) is 28.9 Å². The van der Waals surface area contributed by atoms with Gasteiger partial charge in [-0.1, -0.05) is 61.8 Å². The third-order valence-electron chi connectivity index (χ3n) is 5.60. The first-order valence-electron chi connectivity index (χ1n) is 9.88. The average Bonchev–Trinajstić information content (AvgIpc) is 2.67. The maximum atomic E-state index is 13.5. The van der Waals surface area contributed by atoms with Crippen LogP contribution in [0.5, 0.6) is 0 Å². The number of fused-ring (bicyclic) bond motifs is 1. The van der Waals surface area contributed by atoms with E-state index in [1.54, 1.807) is 0 Å². The molecule has 1 fully saturated rings. The van der Waals surface area contributed by atoms with Gasteiger partial charge in [-0.25, -0.2) is 4.98 Å². The van der Waals surface area contributed by atoms with Gasteiger partial charge in [0, 0.05) is 24.0 Å². The number of rotatable bonds is 2. The zero-order valence-electron chi connectivity index (χ0n) is 16.6. The van der Waals surface area contributed by atoms with Crippen LogP contribution in [0.1, 0.15) is 36.2 Å². The molecular weight excluding hydrogens is 368 g/mol. The van der Waals surface area contributed by atoms with Gasteiger partial charge in [-0.3, -0.25) is 4.79 Å². The minimum atomic E-state index is 0.0721. The SMILES string of the molecule is Cc1ccccc1-c1cc(C(=O)N2CC(C)CC(C)C2)c2cccc(Cl)c2n1. The summed E-state index contributed by atoms with van der Waals surface area (Å²) in [6, 6.07) is 15.7. The molecule has 2 unspecified atom stereocenters. The lowest BCUT2D eigenvalue weighted by Crippen LogP contribution is -2.42. The van der Waals surface area contributed by atoms with Crippen LogP contribution in [-0.2, 0) is 0 Å². The Morgan fingerprint density at radius 3 is 2.50 bits per heavy atom. The summed E-state index contributed by atoms with van der Waals surface area (Å²) in [6.07, 6.45) is 1.17. The number of aryl methyl sites for hydroxylation is 1. The smallest absolute Gasteiger partial charge is 0.254 e. The first-order chi connectivity index (χ1) is 13.4. The van der Waals surface area contributed by atoms with Gasteiger partial charge in [0.15, 0.2) is 0 Å². The third-order valence-corrected chi connectivity index (χ3v) is 5.90. The minimum Gasteiger partial charge on any atom is -0.338 e. The van der Waals surface area contributed by atoms with Crippen LogP contribution in [0.3, 0.4) is 0 Å². The highest BCUT2D eigenvalue weighted by Crippen LogP contribution is 2.32. The van der Waals surface area contributed by atoms with Crippen LogP contribution < -0.4 is 0 Å². The molecule has 2 atom stereocenters. The van der Waals surface area contributed by atoms with Crippen LogP contribution >= 0.6 is 11.6 Å². The van der Waals surface area contributed by atoms with Gasteiger partial charge in [0.1, 0.15) is 0 Å². The fourth-order valence-electron chi connectivity index (χ4n) is 4.39. The predicted molar refractivity (Wildman–Crippen MR) is 116 cm³/mol. The van der Waals surface area contributed by atoms with Gasteiger partial charge >= 0.3 is 0 Å². The molecule has 0 bridgehead atoms. The van der Waals surface area contributed by atoms with Crippen molar-refractivity contribution in [2.45, 2.75) is 27.2 Å². The molecule has 0 aliphatic carbocycles. The molecule has 144 valence electrons. The molecule has 0 spiro atoms. The molecule has 3 nitrogen and oxygen atoms in total. The lowest BCUT2D eigenvalue weighted by molar-refractivity contribution is 0.0625. The number of para-hydroxylation sites is 1. The standard InChI is InChI=1S/C24H25ClN2O/c1-15-11-16(2)14-27(13-15)24(28)20-12-22(18-8-5-4-7-17(18)3)26-23-19(20)9-6-10-21(23)25/h4-10,12,15-16H,11,13-14H2,1-3H3. The van der Waals surface area contributed by atoms with E-state index in [1.807, 2.05) is 47.4 Å². The van der Waals surface area contributed by atoms with E-state index in [0.29, 0.717) is 27.9 Å². The normalized spacial score (nSPS) is 19.8. The number of aromatic nitrogens is 1. The van der Waals surface area contributed by atoms with Crippen LogP contribution in [0, 0.1) is 18.8 Å². The summed E-state index contributed by atoms with van der Waals surface area (Å²) in [5.74, 6) is 1.10. The van der Waals surface area contributed by atoms with Crippen LogP contribution in [0.15, 0.2) is 48.5 Å². The second-order valence-corrected chi connectivity index (χ2v) is 8.57. The van der Waals surface area contributed by atoms with E-state index in [9.17, 15) is 4.79 Å². The van der Waals surface area contributed by atoms with Crippen molar-refractivity contribution < 1.29 is 4.79 Å². The molecule has 1 aliphatic rings. The number of benzene rings is 2. The number of pyridine rings is 1. The number of piperidine rings is 1. The van der Waals surface area contributed by atoms with Gasteiger partial charge in [-0.05, 0) is 42.9 Å². The van der Waals surface area contributed by atoms with Crippen molar-refractivity contribution in [2.75, 3.05) is 13.1 Å². The Labute approximate surface area is 171 Å². The third kappa shape index (κ3) is 3.51. The molecular formula is C24H25ClN2O. The van der Waals surface area contributed by atoms with E-state index in [1.165, 1.54) is 6.42 Å². The molecule has 1 amide bonds. The van der Waals surface area contributed by atoms with E-state index in [0.717, 1.165) is 35.3 Å². The molecule has 2 aromatic carbocycles. The van der Waals surface area contributed by atoms with Gasteiger partial charge in [-0.15, -0.1) is 0 Å². The van der Waals surface area contributed by atoms with Crippen molar-refractivity contribution in [3.8, 4) is 11.3 Å². The average molecular weight is 393 g/mol. The van der Waals surface area contributed by atoms with Crippen LogP contribution in [0.4, 0.5) is 0 Å². The van der Waals surface area contributed by atoms with Gasteiger partial charge in [0.25, 0.3) is 5.91 Å². The lowest BCUT2D eigenvalue weighted by atomic mass is 9.91. The van der Waals surface area contributed by atoms with Crippen molar-refractivity contribution in [3.05, 3.63) is 64.7 Å². The Hall–Kier alpha value is -2.39. The minimum absolute atomic E-state index is 0.0721. The molecule has 1 aliphatic heterocycles. The summed E-state index contributed by atoms with van der Waals surface area (Å²) in [5.41, 5.74) is 4.32. The largest absolute Gasteiger partial charge is 0.338 e. The van der Waals surface area contributed by atoms with E-state index in [2.05, 4.69) is 26.8 Å². The maximum absolute atomic E-state index is 13.5. The Kier molecular flexibility index (Phi) is 5.11. The molecule has 0 N–H and O–H groups in total. The highest BCUT2D eigenvalue weighted by atomic mass is 35.5. The zero-order valence-corrected chi connectivity index (χ0v) is 17.3. The Balaban J connectivity index is 1.88. The number of amides is 1. The summed E-state index contributed by atoms with van der Waals surface area (Å²) < 4.78 is 0. The summed E-state index contributed by atoms with van der Waals surface area (Å²) in [6.45, 7) is 8.09. The molecule has 1 aromatic heterocycles. The Morgan fingerprint density at radius 2 is 1.79 bits per heavy atom. The number of carbonyl (C=O) groups is 1. The van der Waals surface area contributed by atoms with Crippen molar-refractivity contribution in [3.63, 3.8) is 0 Å². The summed E-state index contributed by atoms with van der Waals surface area (Å²) in [5, 5.41) is 1.39. The van der Waals surface area contributed by atoms with Gasteiger partial charge in [-0.2, -0.15) is 0 Å². The number of likely N-dealkylation sites (tertiary alicyclic amines) is 1. The summed E-state index contributed by atoms with van der Waals surface area (Å²) in [4.78, 5) is 20.4.